The highest BCUT2D eigenvalue weighted by Crippen LogP contribution is 2.19. The van der Waals surface area contributed by atoms with Crippen molar-refractivity contribution in [2.24, 2.45) is 5.73 Å². The van der Waals surface area contributed by atoms with Gasteiger partial charge in [-0.05, 0) is 37.1 Å². The number of aromatic nitrogens is 2. The topological polar surface area (TPSA) is 123 Å². The van der Waals surface area contributed by atoms with E-state index in [1.807, 2.05) is 0 Å². The molecule has 1 aromatic carbocycles. The van der Waals surface area contributed by atoms with Crippen LogP contribution in [0.3, 0.4) is 0 Å². The molecular weight excluding hydrogens is 322 g/mol. The van der Waals surface area contributed by atoms with Crippen LogP contribution in [0.4, 0.5) is 6.01 Å². The second-order valence-electron chi connectivity index (χ2n) is 4.78. The lowest BCUT2D eigenvalue weighted by molar-refractivity contribution is -0.121. The van der Waals surface area contributed by atoms with Crippen molar-refractivity contribution >= 4 is 29.4 Å². The van der Waals surface area contributed by atoms with Crippen molar-refractivity contribution in [3.63, 3.8) is 0 Å². The molecule has 23 heavy (non-hydrogen) atoms. The molecule has 0 saturated carbocycles. The lowest BCUT2D eigenvalue weighted by Crippen LogP contribution is -2.29. The van der Waals surface area contributed by atoms with Gasteiger partial charge in [-0.2, -0.15) is 4.98 Å². The zero-order valence-electron chi connectivity index (χ0n) is 12.2. The summed E-state index contributed by atoms with van der Waals surface area (Å²) in [5.74, 6) is -0.246. The first-order valence-electron chi connectivity index (χ1n) is 6.97. The van der Waals surface area contributed by atoms with E-state index in [4.69, 9.17) is 21.9 Å². The van der Waals surface area contributed by atoms with Crippen LogP contribution in [0.2, 0.25) is 5.02 Å². The molecule has 0 unspecified atom stereocenters. The Bertz CT molecular complexity index is 671. The Kier molecular flexibility index (Phi) is 5.93. The van der Waals surface area contributed by atoms with Crippen LogP contribution in [0, 0.1) is 0 Å². The van der Waals surface area contributed by atoms with Crippen LogP contribution in [-0.2, 0) is 9.59 Å². The number of nitrogens with zero attached hydrogens (tertiary/aromatic N) is 2. The summed E-state index contributed by atoms with van der Waals surface area (Å²) in [6.07, 6.45) is 1.67. The predicted molar refractivity (Wildman–Crippen MR) is 84.2 cm³/mol. The van der Waals surface area contributed by atoms with E-state index in [-0.39, 0.29) is 30.7 Å². The minimum atomic E-state index is -0.371. The smallest absolute Gasteiger partial charge is 0.340 e. The summed E-state index contributed by atoms with van der Waals surface area (Å²) in [6, 6.07) is 7.02. The van der Waals surface area contributed by atoms with E-state index in [0.29, 0.717) is 23.7 Å². The summed E-state index contributed by atoms with van der Waals surface area (Å²) in [6.45, 7) is 0. The lowest BCUT2D eigenvalue weighted by atomic mass is 10.2. The molecule has 0 aliphatic carbocycles. The largest absolute Gasteiger partial charge is 0.370 e. The number of hydrogen-bond acceptors (Lipinski definition) is 6. The van der Waals surface area contributed by atoms with Gasteiger partial charge in [0.1, 0.15) is 0 Å². The maximum absolute atomic E-state index is 11.6. The molecule has 0 aliphatic rings. The molecule has 0 fully saturated rings. The summed E-state index contributed by atoms with van der Waals surface area (Å²) >= 11 is 5.81. The van der Waals surface area contributed by atoms with Crippen molar-refractivity contribution < 1.29 is 14.1 Å². The van der Waals surface area contributed by atoms with Crippen LogP contribution in [0.5, 0.6) is 0 Å². The van der Waals surface area contributed by atoms with Crippen molar-refractivity contribution in [1.82, 2.24) is 15.6 Å². The number of rotatable bonds is 8. The van der Waals surface area contributed by atoms with Gasteiger partial charge in [0.25, 0.3) is 0 Å². The summed E-state index contributed by atoms with van der Waals surface area (Å²) < 4.78 is 4.98. The fourth-order valence-electron chi connectivity index (χ4n) is 1.76. The Morgan fingerprint density at radius 3 is 2.57 bits per heavy atom. The number of carbonyl (C=O) groups is 2. The van der Waals surface area contributed by atoms with Crippen LogP contribution in [-0.4, -0.2) is 22.0 Å². The predicted octanol–water partition coefficient (Wildman–Crippen LogP) is 1.88. The fraction of sp³-hybridized carbons (Fsp3) is 0.286. The molecule has 0 bridgehead atoms. The minimum absolute atomic E-state index is 0.0698. The highest BCUT2D eigenvalue weighted by atomic mass is 35.5. The Morgan fingerprint density at radius 1 is 1.17 bits per heavy atom. The van der Waals surface area contributed by atoms with Gasteiger partial charge in [0.05, 0.1) is 0 Å². The minimum Gasteiger partial charge on any atom is -0.370 e. The average Bonchev–Trinajstić information content (AvgIpc) is 2.99. The first-order valence-corrected chi connectivity index (χ1v) is 7.35. The van der Waals surface area contributed by atoms with Gasteiger partial charge in [-0.15, -0.1) is 0 Å². The van der Waals surface area contributed by atoms with Gasteiger partial charge in [-0.25, -0.2) is 5.43 Å². The van der Waals surface area contributed by atoms with Crippen LogP contribution < -0.4 is 16.6 Å². The summed E-state index contributed by atoms with van der Waals surface area (Å²) in [5.41, 5.74) is 10.7. The van der Waals surface area contributed by atoms with E-state index in [9.17, 15) is 9.59 Å². The average molecular weight is 338 g/mol. The number of anilines is 1. The zero-order chi connectivity index (χ0) is 16.7. The molecular formula is C14H16ClN5O3. The summed E-state index contributed by atoms with van der Waals surface area (Å²) in [5, 5.41) is 4.40. The number of unbranched alkanes of at least 4 members (excludes halogenated alkanes) is 1. The third-order valence-corrected chi connectivity index (χ3v) is 3.17. The molecule has 0 spiro atoms. The monoisotopic (exact) mass is 337 g/mol. The molecule has 8 nitrogen and oxygen atoms in total. The maximum atomic E-state index is 11.6. The van der Waals surface area contributed by atoms with Crippen LogP contribution in [0.25, 0.3) is 11.4 Å². The number of hydrazine groups is 1. The van der Waals surface area contributed by atoms with Crippen LogP contribution in [0.15, 0.2) is 28.8 Å². The summed E-state index contributed by atoms with van der Waals surface area (Å²) in [4.78, 5) is 26.2. The molecule has 9 heteroatoms. The number of amides is 2. The number of primary amides is 1. The number of benzene rings is 1. The van der Waals surface area contributed by atoms with E-state index in [1.165, 1.54) is 0 Å². The van der Waals surface area contributed by atoms with Gasteiger partial charge in [0.2, 0.25) is 17.6 Å². The standard InChI is InChI=1S/C14H16ClN5O3/c15-10-7-5-9(6-8-10)13-17-14(23-20-13)19-18-12(22)4-2-1-3-11(16)21/h5-8H,1-4H2,(H2,16,21)(H,18,22)(H,17,19,20). The maximum Gasteiger partial charge on any atom is 0.340 e. The molecule has 2 aromatic rings. The first-order chi connectivity index (χ1) is 11.0. The van der Waals surface area contributed by atoms with Crippen LogP contribution >= 0.6 is 11.6 Å². The van der Waals surface area contributed by atoms with Crippen molar-refractivity contribution in [2.75, 3.05) is 5.43 Å². The Balaban J connectivity index is 1.77. The molecule has 0 atom stereocenters. The van der Waals surface area contributed by atoms with Crippen molar-refractivity contribution in [2.45, 2.75) is 25.7 Å². The number of hydrogen-bond donors (Lipinski definition) is 3. The molecule has 122 valence electrons. The Morgan fingerprint density at radius 2 is 1.87 bits per heavy atom. The normalized spacial score (nSPS) is 10.3. The molecule has 0 radical (unpaired) electrons. The van der Waals surface area contributed by atoms with Crippen molar-refractivity contribution in [3.8, 4) is 11.4 Å². The second kappa shape index (κ2) is 8.14. The van der Waals surface area contributed by atoms with Gasteiger partial charge in [-0.1, -0.05) is 16.8 Å². The number of nitrogens with two attached hydrogens (primary N) is 1. The molecule has 0 aliphatic heterocycles. The molecule has 2 amide bonds. The SMILES string of the molecule is NC(=O)CCCCC(=O)NNc1nc(-c2ccc(Cl)cc2)no1. The Hall–Kier alpha value is -2.61. The number of nitrogens with one attached hydrogen (secondary N) is 2. The Labute approximate surface area is 137 Å². The van der Waals surface area contributed by atoms with Crippen molar-refractivity contribution in [1.29, 1.82) is 0 Å². The highest BCUT2D eigenvalue weighted by Gasteiger charge is 2.09. The molecule has 1 aromatic heterocycles. The molecule has 4 N–H and O–H groups in total. The highest BCUT2D eigenvalue weighted by molar-refractivity contribution is 6.30. The van der Waals surface area contributed by atoms with Gasteiger partial charge < -0.3 is 10.3 Å². The second-order valence-corrected chi connectivity index (χ2v) is 5.21. The third kappa shape index (κ3) is 5.59. The van der Waals surface area contributed by atoms with E-state index >= 15 is 0 Å². The fourth-order valence-corrected chi connectivity index (χ4v) is 1.89. The zero-order valence-corrected chi connectivity index (χ0v) is 13.0. The number of carbonyl (C=O) groups excluding carboxylic acids is 2. The van der Waals surface area contributed by atoms with E-state index < -0.39 is 0 Å². The lowest BCUT2D eigenvalue weighted by Gasteiger charge is -2.03. The van der Waals surface area contributed by atoms with Gasteiger partial charge in [0, 0.05) is 23.4 Å². The molecule has 1 heterocycles. The van der Waals surface area contributed by atoms with Gasteiger partial charge in [-0.3, -0.25) is 15.0 Å². The third-order valence-electron chi connectivity index (χ3n) is 2.91. The van der Waals surface area contributed by atoms with E-state index in [0.717, 1.165) is 5.56 Å². The van der Waals surface area contributed by atoms with Crippen LogP contribution in [0.1, 0.15) is 25.7 Å². The number of halogens is 1. The quantitative estimate of drug-likeness (QED) is 0.499. The van der Waals surface area contributed by atoms with E-state index in [2.05, 4.69) is 21.0 Å². The van der Waals surface area contributed by atoms with Gasteiger partial charge >= 0.3 is 6.01 Å². The molecule has 2 rings (SSSR count). The van der Waals surface area contributed by atoms with Gasteiger partial charge in [0.15, 0.2) is 0 Å². The van der Waals surface area contributed by atoms with Crippen molar-refractivity contribution in [3.05, 3.63) is 29.3 Å². The summed E-state index contributed by atoms with van der Waals surface area (Å²) in [7, 11) is 0. The van der Waals surface area contributed by atoms with E-state index in [1.54, 1.807) is 24.3 Å². The molecule has 0 saturated heterocycles. The first kappa shape index (κ1) is 16.8.